The largest absolute Gasteiger partial charge is 0.462 e. The molecule has 18 heavy (non-hydrogen) atoms. The highest BCUT2D eigenvalue weighted by Crippen LogP contribution is 2.17. The molecule has 5 heteroatoms. The van der Waals surface area contributed by atoms with Crippen LogP contribution in [0.1, 0.15) is 15.2 Å². The van der Waals surface area contributed by atoms with E-state index in [2.05, 4.69) is 0 Å². The second-order valence-electron chi connectivity index (χ2n) is 3.74. The van der Waals surface area contributed by atoms with Crippen molar-refractivity contribution in [3.8, 4) is 0 Å². The van der Waals surface area contributed by atoms with Crippen molar-refractivity contribution in [1.82, 2.24) is 0 Å². The lowest BCUT2D eigenvalue weighted by molar-refractivity contribution is 0.0510. The van der Waals surface area contributed by atoms with Crippen LogP contribution in [0.4, 0.5) is 5.69 Å². The Morgan fingerprint density at radius 3 is 2.89 bits per heavy atom. The standard InChI is InChI=1S/C13H12ClNO2S/c14-10-6-9(7-11(15)8-10)13(16)17-4-3-12-2-1-5-18-12/h1-2,5-8H,3-4,15H2. The first kappa shape index (κ1) is 12.9. The van der Waals surface area contributed by atoms with E-state index < -0.39 is 5.97 Å². The quantitative estimate of drug-likeness (QED) is 0.690. The van der Waals surface area contributed by atoms with Crippen molar-refractivity contribution in [2.75, 3.05) is 12.3 Å². The summed E-state index contributed by atoms with van der Waals surface area (Å²) in [6.07, 6.45) is 0.722. The minimum absolute atomic E-state index is 0.353. The molecule has 1 aromatic heterocycles. The van der Waals surface area contributed by atoms with Crippen LogP contribution >= 0.6 is 22.9 Å². The summed E-state index contributed by atoms with van der Waals surface area (Å²) in [6.45, 7) is 0.353. The van der Waals surface area contributed by atoms with E-state index in [-0.39, 0.29) is 0 Å². The van der Waals surface area contributed by atoms with E-state index in [1.54, 1.807) is 29.5 Å². The summed E-state index contributed by atoms with van der Waals surface area (Å²) in [4.78, 5) is 12.9. The van der Waals surface area contributed by atoms with E-state index in [0.717, 1.165) is 6.42 Å². The molecular weight excluding hydrogens is 270 g/mol. The first-order chi connectivity index (χ1) is 8.65. The molecule has 0 radical (unpaired) electrons. The van der Waals surface area contributed by atoms with Gasteiger partial charge in [-0.25, -0.2) is 4.79 Å². The predicted octanol–water partition coefficient (Wildman–Crippen LogP) is 3.38. The summed E-state index contributed by atoms with van der Waals surface area (Å²) in [5.41, 5.74) is 6.44. The van der Waals surface area contributed by atoms with Gasteiger partial charge in [-0.15, -0.1) is 11.3 Å². The minimum Gasteiger partial charge on any atom is -0.462 e. The second-order valence-corrected chi connectivity index (χ2v) is 5.21. The number of carbonyl (C=O) groups excluding carboxylic acids is 1. The van der Waals surface area contributed by atoms with Crippen LogP contribution in [0, 0.1) is 0 Å². The van der Waals surface area contributed by atoms with E-state index >= 15 is 0 Å². The smallest absolute Gasteiger partial charge is 0.338 e. The molecule has 0 bridgehead atoms. The van der Waals surface area contributed by atoms with E-state index in [1.165, 1.54) is 4.88 Å². The number of esters is 1. The number of benzene rings is 1. The molecule has 0 amide bonds. The van der Waals surface area contributed by atoms with Crippen LogP contribution in [0.15, 0.2) is 35.7 Å². The van der Waals surface area contributed by atoms with Crippen molar-refractivity contribution in [3.05, 3.63) is 51.2 Å². The summed E-state index contributed by atoms with van der Waals surface area (Å²) >= 11 is 7.47. The number of hydrogen-bond donors (Lipinski definition) is 1. The predicted molar refractivity (Wildman–Crippen MR) is 74.2 cm³/mol. The number of carbonyl (C=O) groups is 1. The Labute approximate surface area is 114 Å². The Balaban J connectivity index is 1.91. The van der Waals surface area contributed by atoms with E-state index in [4.69, 9.17) is 22.1 Å². The van der Waals surface area contributed by atoms with Crippen LogP contribution in [0.3, 0.4) is 0 Å². The number of nitrogen functional groups attached to an aromatic ring is 1. The van der Waals surface area contributed by atoms with Crippen molar-refractivity contribution < 1.29 is 9.53 Å². The number of ether oxygens (including phenoxy) is 1. The van der Waals surface area contributed by atoms with E-state index in [1.807, 2.05) is 17.5 Å². The lowest BCUT2D eigenvalue weighted by Crippen LogP contribution is -2.08. The maximum absolute atomic E-state index is 11.7. The van der Waals surface area contributed by atoms with Crippen LogP contribution in [-0.4, -0.2) is 12.6 Å². The van der Waals surface area contributed by atoms with Crippen LogP contribution in [0.5, 0.6) is 0 Å². The Kier molecular flexibility index (Phi) is 4.23. The zero-order valence-electron chi connectivity index (χ0n) is 9.56. The maximum atomic E-state index is 11.7. The van der Waals surface area contributed by atoms with Gasteiger partial charge in [-0.3, -0.25) is 0 Å². The average molecular weight is 282 g/mol. The fourth-order valence-corrected chi connectivity index (χ4v) is 2.45. The van der Waals surface area contributed by atoms with Gasteiger partial charge in [0.05, 0.1) is 12.2 Å². The highest BCUT2D eigenvalue weighted by Gasteiger charge is 2.09. The van der Waals surface area contributed by atoms with Crippen LogP contribution < -0.4 is 5.73 Å². The van der Waals surface area contributed by atoms with Crippen molar-refractivity contribution in [1.29, 1.82) is 0 Å². The maximum Gasteiger partial charge on any atom is 0.338 e. The molecule has 0 spiro atoms. The summed E-state index contributed by atoms with van der Waals surface area (Å²) in [7, 11) is 0. The molecule has 0 unspecified atom stereocenters. The molecule has 2 N–H and O–H groups in total. The van der Waals surface area contributed by atoms with E-state index in [9.17, 15) is 4.79 Å². The highest BCUT2D eigenvalue weighted by atomic mass is 35.5. The van der Waals surface area contributed by atoms with Gasteiger partial charge in [0, 0.05) is 22.0 Å². The zero-order chi connectivity index (χ0) is 13.0. The SMILES string of the molecule is Nc1cc(Cl)cc(C(=O)OCCc2cccs2)c1. The van der Waals surface area contributed by atoms with Crippen molar-refractivity contribution in [2.24, 2.45) is 0 Å². The summed E-state index contributed by atoms with van der Waals surface area (Å²) < 4.78 is 5.16. The van der Waals surface area contributed by atoms with Crippen LogP contribution in [-0.2, 0) is 11.2 Å². The third-order valence-corrected chi connectivity index (χ3v) is 3.47. The zero-order valence-corrected chi connectivity index (χ0v) is 11.1. The van der Waals surface area contributed by atoms with E-state index in [0.29, 0.717) is 22.9 Å². The van der Waals surface area contributed by atoms with Gasteiger partial charge in [0.1, 0.15) is 0 Å². The Hall–Kier alpha value is -1.52. The number of hydrogen-bond acceptors (Lipinski definition) is 4. The third kappa shape index (κ3) is 3.48. The summed E-state index contributed by atoms with van der Waals surface area (Å²) in [6, 6.07) is 8.67. The van der Waals surface area contributed by atoms with Gasteiger partial charge in [0.15, 0.2) is 0 Å². The number of rotatable bonds is 4. The fourth-order valence-electron chi connectivity index (χ4n) is 1.51. The molecule has 0 saturated heterocycles. The number of thiophene rings is 1. The van der Waals surface area contributed by atoms with Gasteiger partial charge in [0.25, 0.3) is 0 Å². The van der Waals surface area contributed by atoms with Gasteiger partial charge < -0.3 is 10.5 Å². The normalized spacial score (nSPS) is 10.3. The lowest BCUT2D eigenvalue weighted by atomic mass is 10.2. The molecule has 0 aliphatic heterocycles. The summed E-state index contributed by atoms with van der Waals surface area (Å²) in [5, 5.41) is 2.43. The number of halogens is 1. The van der Waals surface area contributed by atoms with Crippen LogP contribution in [0.25, 0.3) is 0 Å². The van der Waals surface area contributed by atoms with Gasteiger partial charge in [-0.2, -0.15) is 0 Å². The van der Waals surface area contributed by atoms with Gasteiger partial charge in [0.2, 0.25) is 0 Å². The molecule has 0 aliphatic rings. The van der Waals surface area contributed by atoms with Gasteiger partial charge in [-0.05, 0) is 29.6 Å². The average Bonchev–Trinajstić information content (AvgIpc) is 2.80. The molecule has 1 heterocycles. The molecule has 3 nitrogen and oxygen atoms in total. The minimum atomic E-state index is -0.402. The molecule has 94 valence electrons. The summed E-state index contributed by atoms with van der Waals surface area (Å²) in [5.74, 6) is -0.402. The van der Waals surface area contributed by atoms with Crippen molar-refractivity contribution >= 4 is 34.6 Å². The Morgan fingerprint density at radius 2 is 2.22 bits per heavy atom. The molecule has 0 atom stereocenters. The third-order valence-electron chi connectivity index (χ3n) is 2.32. The molecular formula is C13H12ClNO2S. The molecule has 2 rings (SSSR count). The molecule has 2 aromatic rings. The molecule has 0 aliphatic carbocycles. The molecule has 0 saturated carbocycles. The first-order valence-electron chi connectivity index (χ1n) is 5.41. The van der Waals surface area contributed by atoms with Gasteiger partial charge in [-0.1, -0.05) is 17.7 Å². The number of anilines is 1. The Morgan fingerprint density at radius 1 is 1.39 bits per heavy atom. The fraction of sp³-hybridized carbons (Fsp3) is 0.154. The Bertz CT molecular complexity index is 520. The topological polar surface area (TPSA) is 52.3 Å². The van der Waals surface area contributed by atoms with Gasteiger partial charge >= 0.3 is 5.97 Å². The van der Waals surface area contributed by atoms with Crippen molar-refractivity contribution in [2.45, 2.75) is 6.42 Å². The lowest BCUT2D eigenvalue weighted by Gasteiger charge is -2.05. The highest BCUT2D eigenvalue weighted by molar-refractivity contribution is 7.09. The molecule has 1 aromatic carbocycles. The number of nitrogens with two attached hydrogens (primary N) is 1. The molecule has 0 fully saturated rings. The second kappa shape index (κ2) is 5.89. The van der Waals surface area contributed by atoms with Crippen molar-refractivity contribution in [3.63, 3.8) is 0 Å². The monoisotopic (exact) mass is 281 g/mol. The first-order valence-corrected chi connectivity index (χ1v) is 6.66. The van der Waals surface area contributed by atoms with Crippen LogP contribution in [0.2, 0.25) is 5.02 Å².